The smallest absolute Gasteiger partial charge is 0.325 e. The van der Waals surface area contributed by atoms with Gasteiger partial charge in [-0.1, -0.05) is 82.9 Å². The molecule has 0 aliphatic heterocycles. The van der Waals surface area contributed by atoms with E-state index in [0.717, 1.165) is 18.6 Å². The lowest BCUT2D eigenvalue weighted by atomic mass is 10.1. The SMILES string of the molecule is CCCCCCCCC=CCCCCCCCCOc1cccc(N(CC(=O)OC)CC(=O)OC)c1. The summed E-state index contributed by atoms with van der Waals surface area (Å²) in [7, 11) is 2.65. The molecule has 0 N–H and O–H groups in total. The quantitative estimate of drug-likeness (QED) is 0.0943. The predicted octanol–water partition coefficient (Wildman–Crippen LogP) is 7.26. The van der Waals surface area contributed by atoms with Crippen molar-refractivity contribution in [1.29, 1.82) is 0 Å². The molecule has 0 saturated carbocycles. The van der Waals surface area contributed by atoms with Crippen molar-refractivity contribution in [3.8, 4) is 5.75 Å². The molecule has 0 radical (unpaired) electrons. The van der Waals surface area contributed by atoms with Gasteiger partial charge in [0.05, 0.1) is 20.8 Å². The average molecular weight is 504 g/mol. The molecular formula is C30H49NO5. The topological polar surface area (TPSA) is 65.1 Å². The number of nitrogens with zero attached hydrogens (tertiary/aromatic N) is 1. The first kappa shape index (κ1) is 31.5. The first-order chi connectivity index (χ1) is 17.6. The van der Waals surface area contributed by atoms with Crippen LogP contribution >= 0.6 is 0 Å². The molecular weight excluding hydrogens is 454 g/mol. The molecule has 0 unspecified atom stereocenters. The molecule has 0 spiro atoms. The van der Waals surface area contributed by atoms with E-state index in [1.54, 1.807) is 4.90 Å². The van der Waals surface area contributed by atoms with Crippen LogP contribution in [0.1, 0.15) is 96.8 Å². The maximum Gasteiger partial charge on any atom is 0.325 e. The van der Waals surface area contributed by atoms with Crippen molar-refractivity contribution < 1.29 is 23.8 Å². The fourth-order valence-corrected chi connectivity index (χ4v) is 3.99. The van der Waals surface area contributed by atoms with Gasteiger partial charge in [-0.25, -0.2) is 0 Å². The Morgan fingerprint density at radius 2 is 1.28 bits per heavy atom. The number of anilines is 1. The third kappa shape index (κ3) is 16.2. The van der Waals surface area contributed by atoms with Crippen LogP contribution in [-0.2, 0) is 19.1 Å². The van der Waals surface area contributed by atoms with Gasteiger partial charge in [-0.05, 0) is 44.2 Å². The van der Waals surface area contributed by atoms with Crippen LogP contribution in [0.4, 0.5) is 5.69 Å². The minimum absolute atomic E-state index is 0.0377. The Balaban J connectivity index is 2.15. The summed E-state index contributed by atoms with van der Waals surface area (Å²) in [6, 6.07) is 7.42. The van der Waals surface area contributed by atoms with E-state index in [-0.39, 0.29) is 13.1 Å². The van der Waals surface area contributed by atoms with Crippen LogP contribution in [0.25, 0.3) is 0 Å². The largest absolute Gasteiger partial charge is 0.494 e. The Hall–Kier alpha value is -2.50. The molecule has 0 aliphatic rings. The Kier molecular flexibility index (Phi) is 19.1. The third-order valence-electron chi connectivity index (χ3n) is 6.20. The third-order valence-corrected chi connectivity index (χ3v) is 6.20. The number of ether oxygens (including phenoxy) is 3. The summed E-state index contributed by atoms with van der Waals surface area (Å²) in [5, 5.41) is 0. The maximum absolute atomic E-state index is 11.7. The van der Waals surface area contributed by atoms with Crippen molar-refractivity contribution in [1.82, 2.24) is 0 Å². The van der Waals surface area contributed by atoms with E-state index in [1.807, 2.05) is 24.3 Å². The number of methoxy groups -OCH3 is 2. The van der Waals surface area contributed by atoms with Crippen LogP contribution < -0.4 is 9.64 Å². The number of hydrogen-bond donors (Lipinski definition) is 0. The van der Waals surface area contributed by atoms with E-state index in [0.29, 0.717) is 12.3 Å². The highest BCUT2D eigenvalue weighted by Crippen LogP contribution is 2.22. The molecule has 6 heteroatoms. The van der Waals surface area contributed by atoms with Gasteiger partial charge in [0.2, 0.25) is 0 Å². The van der Waals surface area contributed by atoms with E-state index in [9.17, 15) is 9.59 Å². The second kappa shape index (κ2) is 21.8. The lowest BCUT2D eigenvalue weighted by molar-refractivity contribution is -0.140. The number of rotatable bonds is 22. The lowest BCUT2D eigenvalue weighted by Crippen LogP contribution is -2.35. The summed E-state index contributed by atoms with van der Waals surface area (Å²) in [5.41, 5.74) is 0.712. The highest BCUT2D eigenvalue weighted by molar-refractivity contribution is 5.81. The van der Waals surface area contributed by atoms with Gasteiger partial charge in [-0.15, -0.1) is 0 Å². The minimum atomic E-state index is -0.422. The summed E-state index contributed by atoms with van der Waals surface area (Å²) in [4.78, 5) is 25.1. The molecule has 0 aromatic heterocycles. The van der Waals surface area contributed by atoms with Crippen molar-refractivity contribution >= 4 is 17.6 Å². The molecule has 0 aliphatic carbocycles. The molecule has 36 heavy (non-hydrogen) atoms. The highest BCUT2D eigenvalue weighted by Gasteiger charge is 2.16. The zero-order chi connectivity index (χ0) is 26.3. The second-order valence-corrected chi connectivity index (χ2v) is 9.29. The summed E-state index contributed by atoms with van der Waals surface area (Å²) < 4.78 is 15.4. The molecule has 1 aromatic carbocycles. The first-order valence-electron chi connectivity index (χ1n) is 13.9. The van der Waals surface area contributed by atoms with Crippen LogP contribution in [0.15, 0.2) is 36.4 Å². The predicted molar refractivity (Wildman–Crippen MR) is 148 cm³/mol. The van der Waals surface area contributed by atoms with Crippen LogP contribution in [0.3, 0.4) is 0 Å². The number of unbranched alkanes of at least 4 members (excludes halogenated alkanes) is 12. The van der Waals surface area contributed by atoms with E-state index in [4.69, 9.17) is 14.2 Å². The second-order valence-electron chi connectivity index (χ2n) is 9.29. The molecule has 6 nitrogen and oxygen atoms in total. The number of benzene rings is 1. The van der Waals surface area contributed by atoms with E-state index < -0.39 is 11.9 Å². The standard InChI is InChI=1S/C30H49NO5/c1-4-5-6-7-8-9-10-11-12-13-14-15-16-17-18-19-23-36-28-22-20-21-27(24-28)31(25-29(32)34-2)26-30(33)35-3/h11-12,20-22,24H,4-10,13-19,23,25-26H2,1-3H3. The fraction of sp³-hybridized carbons (Fsp3) is 0.667. The van der Waals surface area contributed by atoms with Gasteiger partial charge in [0.25, 0.3) is 0 Å². The zero-order valence-corrected chi connectivity index (χ0v) is 23.0. The van der Waals surface area contributed by atoms with Gasteiger partial charge in [0.1, 0.15) is 18.8 Å². The minimum Gasteiger partial charge on any atom is -0.494 e. The fourth-order valence-electron chi connectivity index (χ4n) is 3.99. The van der Waals surface area contributed by atoms with Gasteiger partial charge >= 0.3 is 11.9 Å². The van der Waals surface area contributed by atoms with Crippen molar-refractivity contribution in [2.45, 2.75) is 96.8 Å². The number of carbonyl (C=O) groups excluding carboxylic acids is 2. The summed E-state index contributed by atoms with van der Waals surface area (Å²) in [6.45, 7) is 2.84. The zero-order valence-electron chi connectivity index (χ0n) is 23.0. The van der Waals surface area contributed by atoms with Gasteiger partial charge in [0.15, 0.2) is 0 Å². The molecule has 0 heterocycles. The van der Waals surface area contributed by atoms with Crippen molar-refractivity contribution in [3.63, 3.8) is 0 Å². The Bertz CT molecular complexity index is 716. The average Bonchev–Trinajstić information content (AvgIpc) is 2.90. The number of esters is 2. The molecule has 0 amide bonds. The van der Waals surface area contributed by atoms with Crippen molar-refractivity contribution in [2.75, 3.05) is 38.8 Å². The summed E-state index contributed by atoms with van der Waals surface area (Å²) in [6.07, 6.45) is 22.6. The van der Waals surface area contributed by atoms with E-state index >= 15 is 0 Å². The monoisotopic (exact) mass is 503 g/mol. The molecule has 0 fully saturated rings. The Morgan fingerprint density at radius 3 is 1.83 bits per heavy atom. The van der Waals surface area contributed by atoms with Crippen LogP contribution in [0.2, 0.25) is 0 Å². The molecule has 1 rings (SSSR count). The summed E-state index contributed by atoms with van der Waals surface area (Å²) in [5.74, 6) is -0.121. The molecule has 0 atom stereocenters. The first-order valence-corrected chi connectivity index (χ1v) is 13.9. The van der Waals surface area contributed by atoms with Crippen LogP contribution in [0, 0.1) is 0 Å². The maximum atomic E-state index is 11.7. The van der Waals surface area contributed by atoms with Gasteiger partial charge in [0, 0.05) is 11.8 Å². The highest BCUT2D eigenvalue weighted by atomic mass is 16.5. The van der Waals surface area contributed by atoms with Crippen LogP contribution in [-0.4, -0.2) is 45.9 Å². The van der Waals surface area contributed by atoms with Crippen LogP contribution in [0.5, 0.6) is 5.75 Å². The normalized spacial score (nSPS) is 11.0. The number of allylic oxidation sites excluding steroid dienone is 2. The van der Waals surface area contributed by atoms with Gasteiger partial charge < -0.3 is 19.1 Å². The van der Waals surface area contributed by atoms with Crippen molar-refractivity contribution in [2.24, 2.45) is 0 Å². The van der Waals surface area contributed by atoms with E-state index in [2.05, 4.69) is 19.1 Å². The molecule has 0 saturated heterocycles. The Morgan fingerprint density at radius 1 is 0.750 bits per heavy atom. The van der Waals surface area contributed by atoms with Gasteiger partial charge in [-0.2, -0.15) is 0 Å². The Labute approximate surface area is 219 Å². The molecule has 1 aromatic rings. The summed E-state index contributed by atoms with van der Waals surface area (Å²) >= 11 is 0. The van der Waals surface area contributed by atoms with Crippen molar-refractivity contribution in [3.05, 3.63) is 36.4 Å². The molecule has 0 bridgehead atoms. The number of hydrogen-bond acceptors (Lipinski definition) is 6. The lowest BCUT2D eigenvalue weighted by Gasteiger charge is -2.22. The van der Waals surface area contributed by atoms with Gasteiger partial charge in [-0.3, -0.25) is 9.59 Å². The van der Waals surface area contributed by atoms with E-state index in [1.165, 1.54) is 91.3 Å². The molecule has 204 valence electrons. The number of carbonyl (C=O) groups is 2.